The number of carbonyl (C=O) groups is 2. The largest absolute Gasteiger partial charge is 0.481 e. The number of carboxylic acids is 1. The highest BCUT2D eigenvalue weighted by Gasteiger charge is 2.51. The van der Waals surface area contributed by atoms with Crippen LogP contribution in [-0.4, -0.2) is 23.5 Å². The van der Waals surface area contributed by atoms with Crippen molar-refractivity contribution < 1.29 is 14.7 Å². The highest BCUT2D eigenvalue weighted by molar-refractivity contribution is 5.91. The molecule has 1 atom stereocenters. The van der Waals surface area contributed by atoms with Gasteiger partial charge in [-0.05, 0) is 24.8 Å². The van der Waals surface area contributed by atoms with Crippen molar-refractivity contribution >= 4 is 11.9 Å². The maximum atomic E-state index is 12.3. The van der Waals surface area contributed by atoms with E-state index in [1.54, 1.807) is 0 Å². The summed E-state index contributed by atoms with van der Waals surface area (Å²) in [5.41, 5.74) is 0.605. The van der Waals surface area contributed by atoms with Gasteiger partial charge in [-0.3, -0.25) is 9.59 Å². The van der Waals surface area contributed by atoms with Gasteiger partial charge in [0.1, 0.15) is 0 Å². The SMILES string of the molecule is CCC(CNC(=O)C1(c2ccccc2)CC1)C(=O)O. The predicted octanol–water partition coefficient (Wildman–Crippen LogP) is 1.95. The van der Waals surface area contributed by atoms with Crippen molar-refractivity contribution in [2.75, 3.05) is 6.54 Å². The van der Waals surface area contributed by atoms with Gasteiger partial charge < -0.3 is 10.4 Å². The Morgan fingerprint density at radius 3 is 2.42 bits per heavy atom. The van der Waals surface area contributed by atoms with Gasteiger partial charge in [0, 0.05) is 6.54 Å². The summed E-state index contributed by atoms with van der Waals surface area (Å²) in [7, 11) is 0. The van der Waals surface area contributed by atoms with Crippen molar-refractivity contribution in [3.63, 3.8) is 0 Å². The third kappa shape index (κ3) is 2.78. The van der Waals surface area contributed by atoms with Gasteiger partial charge in [-0.25, -0.2) is 0 Å². The van der Waals surface area contributed by atoms with Crippen molar-refractivity contribution in [2.45, 2.75) is 31.6 Å². The van der Waals surface area contributed by atoms with E-state index in [-0.39, 0.29) is 12.5 Å². The molecule has 0 bridgehead atoms. The molecule has 19 heavy (non-hydrogen) atoms. The van der Waals surface area contributed by atoms with Crippen LogP contribution in [0.5, 0.6) is 0 Å². The lowest BCUT2D eigenvalue weighted by Crippen LogP contribution is -2.39. The number of nitrogens with one attached hydrogen (secondary N) is 1. The van der Waals surface area contributed by atoms with Crippen LogP contribution >= 0.6 is 0 Å². The fraction of sp³-hybridized carbons (Fsp3) is 0.467. The quantitative estimate of drug-likeness (QED) is 0.822. The van der Waals surface area contributed by atoms with Gasteiger partial charge in [-0.15, -0.1) is 0 Å². The molecule has 1 aromatic rings. The minimum Gasteiger partial charge on any atom is -0.481 e. The topological polar surface area (TPSA) is 66.4 Å². The molecule has 0 heterocycles. The summed E-state index contributed by atoms with van der Waals surface area (Å²) >= 11 is 0. The standard InChI is InChI=1S/C15H19NO3/c1-2-11(13(17)18)10-16-14(19)15(8-9-15)12-6-4-3-5-7-12/h3-7,11H,2,8-10H2,1H3,(H,16,19)(H,17,18). The number of rotatable bonds is 6. The van der Waals surface area contributed by atoms with E-state index in [0.717, 1.165) is 18.4 Å². The summed E-state index contributed by atoms with van der Waals surface area (Å²) in [5.74, 6) is -1.40. The Hall–Kier alpha value is -1.84. The highest BCUT2D eigenvalue weighted by Crippen LogP contribution is 2.48. The van der Waals surface area contributed by atoms with Crippen molar-refractivity contribution in [1.29, 1.82) is 0 Å². The lowest BCUT2D eigenvalue weighted by molar-refractivity contribution is -0.141. The van der Waals surface area contributed by atoms with Crippen LogP contribution in [0.15, 0.2) is 30.3 Å². The van der Waals surface area contributed by atoms with Crippen LogP contribution in [0.1, 0.15) is 31.7 Å². The number of benzene rings is 1. The summed E-state index contributed by atoms with van der Waals surface area (Å²) in [6.45, 7) is 2.02. The van der Waals surface area contributed by atoms with Gasteiger partial charge >= 0.3 is 5.97 Å². The molecular weight excluding hydrogens is 242 g/mol. The van der Waals surface area contributed by atoms with Crippen LogP contribution in [0.4, 0.5) is 0 Å². The Morgan fingerprint density at radius 2 is 1.95 bits per heavy atom. The summed E-state index contributed by atoms with van der Waals surface area (Å²) in [4.78, 5) is 23.2. The normalized spacial score (nSPS) is 17.5. The first-order valence-electron chi connectivity index (χ1n) is 6.67. The second-order valence-electron chi connectivity index (χ2n) is 5.10. The van der Waals surface area contributed by atoms with Gasteiger partial charge in [-0.2, -0.15) is 0 Å². The smallest absolute Gasteiger partial charge is 0.308 e. The average molecular weight is 261 g/mol. The van der Waals surface area contributed by atoms with E-state index in [4.69, 9.17) is 5.11 Å². The minimum atomic E-state index is -0.854. The molecular formula is C15H19NO3. The molecule has 1 saturated carbocycles. The molecule has 0 aliphatic heterocycles. The van der Waals surface area contributed by atoms with E-state index in [0.29, 0.717) is 6.42 Å². The molecule has 0 spiro atoms. The maximum Gasteiger partial charge on any atom is 0.308 e. The Morgan fingerprint density at radius 1 is 1.32 bits per heavy atom. The van der Waals surface area contributed by atoms with Crippen LogP contribution < -0.4 is 5.32 Å². The van der Waals surface area contributed by atoms with Crippen molar-refractivity contribution in [3.05, 3.63) is 35.9 Å². The van der Waals surface area contributed by atoms with E-state index in [1.165, 1.54) is 0 Å². The first kappa shape index (κ1) is 13.6. The Bertz CT molecular complexity index is 466. The minimum absolute atomic E-state index is 0.0431. The van der Waals surface area contributed by atoms with Crippen LogP contribution in [0.2, 0.25) is 0 Å². The molecule has 1 amide bonds. The molecule has 1 unspecified atom stereocenters. The monoisotopic (exact) mass is 261 g/mol. The highest BCUT2D eigenvalue weighted by atomic mass is 16.4. The molecule has 0 radical (unpaired) electrons. The van der Waals surface area contributed by atoms with Gasteiger partial charge in [0.25, 0.3) is 0 Å². The lowest BCUT2D eigenvalue weighted by atomic mass is 9.94. The van der Waals surface area contributed by atoms with Crippen molar-refractivity contribution in [2.24, 2.45) is 5.92 Å². The van der Waals surface area contributed by atoms with Gasteiger partial charge in [0.2, 0.25) is 5.91 Å². The zero-order chi connectivity index (χ0) is 13.9. The molecule has 1 aromatic carbocycles. The molecule has 2 N–H and O–H groups in total. The van der Waals surface area contributed by atoms with Crippen LogP contribution in [0, 0.1) is 5.92 Å². The molecule has 4 nitrogen and oxygen atoms in total. The number of carbonyl (C=O) groups excluding carboxylic acids is 1. The van der Waals surface area contributed by atoms with E-state index in [9.17, 15) is 9.59 Å². The molecule has 0 aromatic heterocycles. The lowest BCUT2D eigenvalue weighted by Gasteiger charge is -2.17. The molecule has 102 valence electrons. The molecule has 1 aliphatic carbocycles. The first-order chi connectivity index (χ1) is 9.10. The number of amides is 1. The van der Waals surface area contributed by atoms with Gasteiger partial charge in [-0.1, -0.05) is 37.3 Å². The second-order valence-corrected chi connectivity index (χ2v) is 5.10. The van der Waals surface area contributed by atoms with E-state index in [2.05, 4.69) is 5.32 Å². The molecule has 2 rings (SSSR count). The predicted molar refractivity (Wildman–Crippen MR) is 71.8 cm³/mol. The number of hydrogen-bond donors (Lipinski definition) is 2. The summed E-state index contributed by atoms with van der Waals surface area (Å²) in [5, 5.41) is 11.8. The molecule has 1 fully saturated rings. The van der Waals surface area contributed by atoms with E-state index in [1.807, 2.05) is 37.3 Å². The van der Waals surface area contributed by atoms with E-state index < -0.39 is 17.3 Å². The summed E-state index contributed by atoms with van der Waals surface area (Å²) in [6, 6.07) is 9.70. The number of carboxylic acid groups (broad SMARTS) is 1. The Labute approximate surface area is 112 Å². The molecule has 1 aliphatic rings. The Kier molecular flexibility index (Phi) is 3.88. The second kappa shape index (κ2) is 5.43. The summed E-state index contributed by atoms with van der Waals surface area (Å²) < 4.78 is 0. The summed E-state index contributed by atoms with van der Waals surface area (Å²) in [6.07, 6.45) is 2.20. The van der Waals surface area contributed by atoms with Crippen molar-refractivity contribution in [3.8, 4) is 0 Å². The molecule has 4 heteroatoms. The average Bonchev–Trinajstić information content (AvgIpc) is 3.21. The van der Waals surface area contributed by atoms with Crippen molar-refractivity contribution in [1.82, 2.24) is 5.32 Å². The third-order valence-corrected chi connectivity index (χ3v) is 3.86. The van der Waals surface area contributed by atoms with Crippen LogP contribution in [-0.2, 0) is 15.0 Å². The van der Waals surface area contributed by atoms with E-state index >= 15 is 0 Å². The fourth-order valence-corrected chi connectivity index (χ4v) is 2.32. The maximum absolute atomic E-state index is 12.3. The zero-order valence-corrected chi connectivity index (χ0v) is 11.1. The third-order valence-electron chi connectivity index (χ3n) is 3.86. The zero-order valence-electron chi connectivity index (χ0n) is 11.1. The number of hydrogen-bond acceptors (Lipinski definition) is 2. The Balaban J connectivity index is 1.99. The first-order valence-corrected chi connectivity index (χ1v) is 6.67. The van der Waals surface area contributed by atoms with Gasteiger partial charge in [0.05, 0.1) is 11.3 Å². The molecule has 0 saturated heterocycles. The van der Waals surface area contributed by atoms with Gasteiger partial charge in [0.15, 0.2) is 0 Å². The van der Waals surface area contributed by atoms with Crippen LogP contribution in [0.25, 0.3) is 0 Å². The van der Waals surface area contributed by atoms with Crippen LogP contribution in [0.3, 0.4) is 0 Å². The fourth-order valence-electron chi connectivity index (χ4n) is 2.32. The number of aliphatic carboxylic acids is 1.